The number of hydrogen-bond acceptors (Lipinski definition) is 5. The summed E-state index contributed by atoms with van der Waals surface area (Å²) in [4.78, 5) is 11.5. The van der Waals surface area contributed by atoms with Crippen LogP contribution in [0.5, 0.6) is 5.75 Å². The minimum absolute atomic E-state index is 0.0000463. The summed E-state index contributed by atoms with van der Waals surface area (Å²) < 4.78 is 4.92. The van der Waals surface area contributed by atoms with Crippen molar-refractivity contribution in [1.82, 2.24) is 10.9 Å². The van der Waals surface area contributed by atoms with Gasteiger partial charge >= 0.3 is 5.63 Å². The lowest BCUT2D eigenvalue weighted by Gasteiger charge is -2.09. The van der Waals surface area contributed by atoms with Crippen LogP contribution in [0.4, 0.5) is 0 Å². The molecule has 5 nitrogen and oxygen atoms in total. The topological polar surface area (TPSA) is 74.5 Å². The lowest BCUT2D eigenvalue weighted by atomic mass is 10.1. The van der Waals surface area contributed by atoms with E-state index < -0.39 is 5.63 Å². The molecule has 0 saturated carbocycles. The molecule has 1 aromatic heterocycles. The Labute approximate surface area is 80.7 Å². The van der Waals surface area contributed by atoms with Gasteiger partial charge in [0.05, 0.1) is 11.6 Å². The van der Waals surface area contributed by atoms with E-state index in [0.29, 0.717) is 11.3 Å². The van der Waals surface area contributed by atoms with Crippen molar-refractivity contribution in [3.63, 3.8) is 0 Å². The van der Waals surface area contributed by atoms with Gasteiger partial charge < -0.3 is 9.52 Å². The van der Waals surface area contributed by atoms with Crippen molar-refractivity contribution in [2.24, 2.45) is 0 Å². The Bertz CT molecular complexity index is 394. The number of hydrogen-bond donors (Lipinski definition) is 3. The molecule has 0 radical (unpaired) electrons. The monoisotopic (exact) mass is 196 g/mol. The second-order valence-corrected chi connectivity index (χ2v) is 3.36. The van der Waals surface area contributed by atoms with Crippen LogP contribution < -0.4 is 16.5 Å². The molecule has 2 heterocycles. The van der Waals surface area contributed by atoms with Gasteiger partial charge in [-0.1, -0.05) is 0 Å². The third-order valence-corrected chi connectivity index (χ3v) is 2.27. The van der Waals surface area contributed by atoms with E-state index in [4.69, 9.17) is 4.42 Å². The molecule has 1 aromatic rings. The van der Waals surface area contributed by atoms with Gasteiger partial charge in [0.15, 0.2) is 0 Å². The molecule has 1 unspecified atom stereocenters. The standard InChI is InChI=1S/C9H12N2O3/c1-5-4-7(12)8(9(13)14-5)6-2-3-10-11-6/h4,6,10-12H,2-3H2,1H3. The first-order chi connectivity index (χ1) is 6.68. The summed E-state index contributed by atoms with van der Waals surface area (Å²) in [6.07, 6.45) is 0.765. The fourth-order valence-electron chi connectivity index (χ4n) is 1.63. The number of rotatable bonds is 1. The third-order valence-electron chi connectivity index (χ3n) is 2.27. The zero-order valence-corrected chi connectivity index (χ0v) is 7.83. The second-order valence-electron chi connectivity index (χ2n) is 3.36. The Morgan fingerprint density at radius 1 is 1.64 bits per heavy atom. The predicted octanol–water partition coefficient (Wildman–Crippen LogP) is 0.193. The lowest BCUT2D eigenvalue weighted by Crippen LogP contribution is -2.27. The lowest BCUT2D eigenvalue weighted by molar-refractivity contribution is 0.405. The summed E-state index contributed by atoms with van der Waals surface area (Å²) in [5, 5.41) is 9.60. The zero-order valence-electron chi connectivity index (χ0n) is 7.83. The maximum absolute atomic E-state index is 11.5. The van der Waals surface area contributed by atoms with Gasteiger partial charge in [0.25, 0.3) is 0 Å². The summed E-state index contributed by atoms with van der Waals surface area (Å²) in [5.41, 5.74) is 5.64. The molecular weight excluding hydrogens is 184 g/mol. The summed E-state index contributed by atoms with van der Waals surface area (Å²) >= 11 is 0. The highest BCUT2D eigenvalue weighted by molar-refractivity contribution is 5.32. The van der Waals surface area contributed by atoms with Crippen molar-refractivity contribution in [3.8, 4) is 5.75 Å². The van der Waals surface area contributed by atoms with E-state index in [-0.39, 0.29) is 11.8 Å². The number of nitrogens with one attached hydrogen (secondary N) is 2. The van der Waals surface area contributed by atoms with Crippen molar-refractivity contribution in [3.05, 3.63) is 27.8 Å². The molecule has 1 aliphatic heterocycles. The van der Waals surface area contributed by atoms with Crippen LogP contribution in [0.3, 0.4) is 0 Å². The highest BCUT2D eigenvalue weighted by Gasteiger charge is 2.23. The maximum Gasteiger partial charge on any atom is 0.344 e. The van der Waals surface area contributed by atoms with Gasteiger partial charge in [-0.25, -0.2) is 10.2 Å². The fourth-order valence-corrected chi connectivity index (χ4v) is 1.63. The number of hydrazine groups is 1. The fraction of sp³-hybridized carbons (Fsp3) is 0.444. The molecular formula is C9H12N2O3. The molecule has 0 aromatic carbocycles. The normalized spacial score (nSPS) is 21.4. The van der Waals surface area contributed by atoms with E-state index in [0.717, 1.165) is 13.0 Å². The average molecular weight is 196 g/mol. The first-order valence-corrected chi connectivity index (χ1v) is 4.50. The van der Waals surface area contributed by atoms with Crippen LogP contribution in [0.2, 0.25) is 0 Å². The number of aromatic hydroxyl groups is 1. The third kappa shape index (κ3) is 1.51. The van der Waals surface area contributed by atoms with Crippen molar-refractivity contribution in [1.29, 1.82) is 0 Å². The van der Waals surface area contributed by atoms with Crippen molar-refractivity contribution in [2.45, 2.75) is 19.4 Å². The van der Waals surface area contributed by atoms with E-state index in [9.17, 15) is 9.90 Å². The molecule has 76 valence electrons. The Hall–Kier alpha value is -1.33. The Balaban J connectivity index is 2.46. The summed E-state index contributed by atoms with van der Waals surface area (Å²) in [6.45, 7) is 2.41. The molecule has 1 atom stereocenters. The van der Waals surface area contributed by atoms with E-state index >= 15 is 0 Å². The highest BCUT2D eigenvalue weighted by atomic mass is 16.4. The predicted molar refractivity (Wildman–Crippen MR) is 49.9 cm³/mol. The van der Waals surface area contributed by atoms with E-state index in [1.54, 1.807) is 6.92 Å². The van der Waals surface area contributed by atoms with Gasteiger partial charge in [0.1, 0.15) is 11.5 Å². The highest BCUT2D eigenvalue weighted by Crippen LogP contribution is 2.24. The first-order valence-electron chi connectivity index (χ1n) is 4.50. The minimum Gasteiger partial charge on any atom is -0.507 e. The van der Waals surface area contributed by atoms with Gasteiger partial charge in [0, 0.05) is 12.6 Å². The molecule has 0 amide bonds. The number of aryl methyl sites for hydroxylation is 1. The van der Waals surface area contributed by atoms with Gasteiger partial charge in [-0.2, -0.15) is 0 Å². The van der Waals surface area contributed by atoms with Crippen LogP contribution in [0.25, 0.3) is 0 Å². The van der Waals surface area contributed by atoms with Crippen LogP contribution >= 0.6 is 0 Å². The summed E-state index contributed by atoms with van der Waals surface area (Å²) in [6, 6.07) is 1.29. The molecule has 5 heteroatoms. The maximum atomic E-state index is 11.5. The molecule has 3 N–H and O–H groups in total. The van der Waals surface area contributed by atoms with E-state index in [1.165, 1.54) is 6.07 Å². The summed E-state index contributed by atoms with van der Waals surface area (Å²) in [7, 11) is 0. The smallest absolute Gasteiger partial charge is 0.344 e. The van der Waals surface area contributed by atoms with Gasteiger partial charge in [-0.05, 0) is 13.3 Å². The Morgan fingerprint density at radius 2 is 2.43 bits per heavy atom. The van der Waals surface area contributed by atoms with Crippen molar-refractivity contribution in [2.75, 3.05) is 6.54 Å². The molecule has 14 heavy (non-hydrogen) atoms. The van der Waals surface area contributed by atoms with Crippen LogP contribution in [-0.4, -0.2) is 11.7 Å². The van der Waals surface area contributed by atoms with E-state index in [1.807, 2.05) is 0 Å². The quantitative estimate of drug-likeness (QED) is 0.598. The largest absolute Gasteiger partial charge is 0.507 e. The Kier molecular flexibility index (Phi) is 2.26. The molecule has 0 spiro atoms. The van der Waals surface area contributed by atoms with Crippen LogP contribution in [0, 0.1) is 6.92 Å². The summed E-state index contributed by atoms with van der Waals surface area (Å²) in [5.74, 6) is 0.419. The average Bonchev–Trinajstić information content (AvgIpc) is 2.54. The minimum atomic E-state index is -0.469. The first kappa shape index (κ1) is 9.23. The molecule has 1 saturated heterocycles. The molecule has 0 aliphatic carbocycles. The molecule has 2 rings (SSSR count). The van der Waals surface area contributed by atoms with Crippen molar-refractivity contribution >= 4 is 0 Å². The second kappa shape index (κ2) is 3.43. The molecule has 1 fully saturated rings. The van der Waals surface area contributed by atoms with E-state index in [2.05, 4.69) is 10.9 Å². The van der Waals surface area contributed by atoms with Gasteiger partial charge in [0.2, 0.25) is 0 Å². The van der Waals surface area contributed by atoms with Crippen LogP contribution in [-0.2, 0) is 0 Å². The molecule has 0 bridgehead atoms. The zero-order chi connectivity index (χ0) is 10.1. The van der Waals surface area contributed by atoms with Gasteiger partial charge in [-0.3, -0.25) is 5.43 Å². The van der Waals surface area contributed by atoms with Crippen molar-refractivity contribution < 1.29 is 9.52 Å². The SMILES string of the molecule is Cc1cc(O)c(C2CCNN2)c(=O)o1. The molecule has 1 aliphatic rings. The Morgan fingerprint density at radius 3 is 3.00 bits per heavy atom. The van der Waals surface area contributed by atoms with Crippen LogP contribution in [0.15, 0.2) is 15.3 Å². The van der Waals surface area contributed by atoms with Crippen LogP contribution in [0.1, 0.15) is 23.8 Å². The van der Waals surface area contributed by atoms with Gasteiger partial charge in [-0.15, -0.1) is 0 Å².